The van der Waals surface area contributed by atoms with Gasteiger partial charge in [0.2, 0.25) is 5.91 Å². The Bertz CT molecular complexity index is 984. The fraction of sp³-hybridized carbons (Fsp3) is 0.238. The van der Waals surface area contributed by atoms with E-state index in [-0.39, 0.29) is 18.1 Å². The maximum atomic E-state index is 14.3. The molecule has 1 fully saturated rings. The number of anilines is 1. The Hall–Kier alpha value is -2.98. The summed E-state index contributed by atoms with van der Waals surface area (Å²) in [6.45, 7) is 0.364. The summed E-state index contributed by atoms with van der Waals surface area (Å²) in [6, 6.07) is 16.2. The third-order valence-electron chi connectivity index (χ3n) is 5.01. The smallest absolute Gasteiger partial charge is 0.229 e. The highest BCUT2D eigenvalue weighted by atomic mass is 32.2. The molecule has 2 aromatic carbocycles. The second-order valence-electron chi connectivity index (χ2n) is 6.58. The van der Waals surface area contributed by atoms with Crippen molar-refractivity contribution >= 4 is 23.4 Å². The predicted molar refractivity (Wildman–Crippen MR) is 106 cm³/mol. The van der Waals surface area contributed by atoms with Crippen LogP contribution in [0.15, 0.2) is 59.1 Å². The molecule has 142 valence electrons. The van der Waals surface area contributed by atoms with Crippen LogP contribution in [0.5, 0.6) is 5.75 Å². The molecule has 2 heterocycles. The summed E-state index contributed by atoms with van der Waals surface area (Å²) in [5, 5.41) is 10.4. The maximum absolute atomic E-state index is 14.3. The molecule has 1 atom stereocenters. The zero-order valence-corrected chi connectivity index (χ0v) is 16.1. The van der Waals surface area contributed by atoms with Gasteiger partial charge in [0, 0.05) is 18.0 Å². The second-order valence-corrected chi connectivity index (χ2v) is 7.52. The summed E-state index contributed by atoms with van der Waals surface area (Å²) >= 11 is 1.44. The molecule has 2 aliphatic rings. The van der Waals surface area contributed by atoms with Crippen LogP contribution in [0.25, 0.3) is 0 Å². The number of nitriles is 1. The van der Waals surface area contributed by atoms with Gasteiger partial charge in [-0.1, -0.05) is 30.0 Å². The number of fused-ring (bicyclic) bond motifs is 1. The fourth-order valence-electron chi connectivity index (χ4n) is 3.54. The molecule has 2 aliphatic heterocycles. The Morgan fingerprint density at radius 3 is 2.64 bits per heavy atom. The minimum absolute atomic E-state index is 0.0876. The van der Waals surface area contributed by atoms with Crippen molar-refractivity contribution in [3.8, 4) is 11.8 Å². The Labute approximate surface area is 167 Å². The first kappa shape index (κ1) is 18.4. The van der Waals surface area contributed by atoms with Gasteiger partial charge in [-0.15, -0.1) is 0 Å². The minimum atomic E-state index is -0.537. The van der Waals surface area contributed by atoms with Gasteiger partial charge in [-0.2, -0.15) is 5.26 Å². The Balaban J connectivity index is 1.65. The van der Waals surface area contributed by atoms with Crippen LogP contribution in [-0.4, -0.2) is 30.5 Å². The molecule has 0 saturated carbocycles. The van der Waals surface area contributed by atoms with Crippen LogP contribution in [0.1, 0.15) is 17.9 Å². The zero-order chi connectivity index (χ0) is 19.7. The van der Waals surface area contributed by atoms with E-state index >= 15 is 0 Å². The number of ether oxygens (including phenoxy) is 1. The molecular weight excluding hydrogens is 377 g/mol. The van der Waals surface area contributed by atoms with E-state index in [1.807, 2.05) is 24.3 Å². The minimum Gasteiger partial charge on any atom is -0.497 e. The van der Waals surface area contributed by atoms with Crippen LogP contribution in [0.3, 0.4) is 0 Å². The molecule has 0 bridgehead atoms. The summed E-state index contributed by atoms with van der Waals surface area (Å²) in [4.78, 5) is 16.6. The Morgan fingerprint density at radius 1 is 1.21 bits per heavy atom. The van der Waals surface area contributed by atoms with Gasteiger partial charge in [-0.25, -0.2) is 4.39 Å². The van der Waals surface area contributed by atoms with E-state index in [1.54, 1.807) is 30.2 Å². The van der Waals surface area contributed by atoms with E-state index in [4.69, 9.17) is 4.74 Å². The molecule has 1 saturated heterocycles. The molecule has 2 aromatic rings. The topological polar surface area (TPSA) is 56.6 Å². The van der Waals surface area contributed by atoms with Crippen molar-refractivity contribution in [1.29, 1.82) is 5.26 Å². The first-order chi connectivity index (χ1) is 13.6. The van der Waals surface area contributed by atoms with Crippen molar-refractivity contribution in [1.82, 2.24) is 4.90 Å². The second kappa shape index (κ2) is 7.56. The molecule has 28 heavy (non-hydrogen) atoms. The van der Waals surface area contributed by atoms with Gasteiger partial charge in [0.25, 0.3) is 0 Å². The summed E-state index contributed by atoms with van der Waals surface area (Å²) in [5.41, 5.74) is 1.83. The molecule has 0 aliphatic carbocycles. The number of thioether (sulfide) groups is 1. The van der Waals surface area contributed by atoms with Crippen LogP contribution in [0.4, 0.5) is 10.1 Å². The number of methoxy groups -OCH3 is 1. The highest BCUT2D eigenvalue weighted by Gasteiger charge is 2.39. The lowest BCUT2D eigenvalue weighted by molar-refractivity contribution is -0.129. The normalized spacial score (nSPS) is 19.3. The molecule has 0 unspecified atom stereocenters. The standard InChI is InChI=1S/C21H18FN3O2S/c1-27-15-8-6-14(7-9-15)24-12-25-20(26)10-17(16-4-2-3-5-19(16)22)18(11-23)21(25)28-13-24/h2-9,17H,10,12-13H2,1H3/t17-/m0/s1. The van der Waals surface area contributed by atoms with E-state index in [1.165, 1.54) is 17.8 Å². The number of rotatable bonds is 3. The van der Waals surface area contributed by atoms with E-state index in [2.05, 4.69) is 11.0 Å². The van der Waals surface area contributed by atoms with Gasteiger partial charge in [0.05, 0.1) is 36.3 Å². The van der Waals surface area contributed by atoms with Crippen LogP contribution in [0.2, 0.25) is 0 Å². The van der Waals surface area contributed by atoms with Gasteiger partial charge in [0.15, 0.2) is 0 Å². The molecule has 4 rings (SSSR count). The van der Waals surface area contributed by atoms with Gasteiger partial charge in [-0.3, -0.25) is 9.69 Å². The van der Waals surface area contributed by atoms with Crippen LogP contribution < -0.4 is 9.64 Å². The lowest BCUT2D eigenvalue weighted by atomic mass is 9.86. The number of hydrogen-bond donors (Lipinski definition) is 0. The number of allylic oxidation sites excluding steroid dienone is 1. The number of nitrogens with zero attached hydrogens (tertiary/aromatic N) is 3. The molecule has 0 N–H and O–H groups in total. The highest BCUT2D eigenvalue weighted by molar-refractivity contribution is 8.03. The average molecular weight is 395 g/mol. The molecule has 0 spiro atoms. The number of benzene rings is 2. The van der Waals surface area contributed by atoms with Gasteiger partial charge < -0.3 is 9.64 Å². The first-order valence-electron chi connectivity index (χ1n) is 8.83. The Kier molecular flexibility index (Phi) is 4.97. The quantitative estimate of drug-likeness (QED) is 0.785. The lowest BCUT2D eigenvalue weighted by Crippen LogP contribution is -2.47. The van der Waals surface area contributed by atoms with Crippen LogP contribution in [-0.2, 0) is 4.79 Å². The first-order valence-corrected chi connectivity index (χ1v) is 9.81. The largest absolute Gasteiger partial charge is 0.497 e. The van der Waals surface area contributed by atoms with Crippen molar-refractivity contribution < 1.29 is 13.9 Å². The van der Waals surface area contributed by atoms with Gasteiger partial charge >= 0.3 is 0 Å². The Morgan fingerprint density at radius 2 is 1.96 bits per heavy atom. The average Bonchev–Trinajstić information content (AvgIpc) is 2.74. The van der Waals surface area contributed by atoms with Crippen molar-refractivity contribution in [3.63, 3.8) is 0 Å². The zero-order valence-electron chi connectivity index (χ0n) is 15.3. The van der Waals surface area contributed by atoms with E-state index in [0.29, 0.717) is 28.7 Å². The van der Waals surface area contributed by atoms with Crippen molar-refractivity contribution in [2.75, 3.05) is 24.6 Å². The molecule has 0 radical (unpaired) electrons. The number of hydrogen-bond acceptors (Lipinski definition) is 5. The number of halogens is 1. The predicted octanol–water partition coefficient (Wildman–Crippen LogP) is 4.05. The number of carbonyl (C=O) groups excluding carboxylic acids is 1. The summed E-state index contributed by atoms with van der Waals surface area (Å²) < 4.78 is 19.5. The van der Waals surface area contributed by atoms with Crippen LogP contribution >= 0.6 is 11.8 Å². The molecule has 0 aromatic heterocycles. The molecular formula is C21H18FN3O2S. The number of amides is 1. The maximum Gasteiger partial charge on any atom is 0.229 e. The number of carbonyl (C=O) groups is 1. The fourth-order valence-corrected chi connectivity index (χ4v) is 4.71. The monoisotopic (exact) mass is 395 g/mol. The summed E-state index contributed by atoms with van der Waals surface area (Å²) in [5.74, 6) is 0.337. The van der Waals surface area contributed by atoms with Crippen molar-refractivity contribution in [2.24, 2.45) is 0 Å². The third-order valence-corrected chi connectivity index (χ3v) is 6.17. The van der Waals surface area contributed by atoms with E-state index < -0.39 is 5.92 Å². The molecule has 7 heteroatoms. The molecule has 1 amide bonds. The SMILES string of the molecule is COc1ccc(N2CSC3=C(C#N)[C@H](c4ccccc4F)CC(=O)N3C2)cc1. The van der Waals surface area contributed by atoms with E-state index in [0.717, 1.165) is 11.4 Å². The van der Waals surface area contributed by atoms with Gasteiger partial charge in [-0.05, 0) is 35.9 Å². The highest BCUT2D eigenvalue weighted by Crippen LogP contribution is 2.43. The van der Waals surface area contributed by atoms with Crippen molar-refractivity contribution in [3.05, 3.63) is 70.5 Å². The van der Waals surface area contributed by atoms with Crippen molar-refractivity contribution in [2.45, 2.75) is 12.3 Å². The lowest BCUT2D eigenvalue weighted by Gasteiger charge is -2.42. The summed E-state index contributed by atoms with van der Waals surface area (Å²) in [6.07, 6.45) is 0.0876. The summed E-state index contributed by atoms with van der Waals surface area (Å²) in [7, 11) is 1.62. The van der Waals surface area contributed by atoms with Gasteiger partial charge in [0.1, 0.15) is 11.6 Å². The third kappa shape index (κ3) is 3.20. The molecule has 5 nitrogen and oxygen atoms in total. The van der Waals surface area contributed by atoms with E-state index in [9.17, 15) is 14.4 Å². The van der Waals surface area contributed by atoms with Crippen LogP contribution in [0, 0.1) is 17.1 Å².